The zero-order valence-corrected chi connectivity index (χ0v) is 19.4. The first-order chi connectivity index (χ1) is 16.8. The Labute approximate surface area is 201 Å². The van der Waals surface area contributed by atoms with Crippen LogP contribution in [-0.4, -0.2) is 60.8 Å². The van der Waals surface area contributed by atoms with Gasteiger partial charge in [0.25, 0.3) is 11.8 Å². The molecule has 3 rings (SSSR count). The lowest BCUT2D eigenvalue weighted by Crippen LogP contribution is -2.38. The first kappa shape index (κ1) is 26.1. The number of piperidine rings is 1. The molecular weight excluding hydrogens is 467 g/mol. The van der Waals surface area contributed by atoms with Crippen molar-refractivity contribution in [2.24, 2.45) is 0 Å². The number of nitrogens with one attached hydrogen (secondary N) is 1. The average Bonchev–Trinajstić information content (AvgIpc) is 2.85. The number of pyridine rings is 1. The fraction of sp³-hybridized carbons (Fsp3) is 0.458. The summed E-state index contributed by atoms with van der Waals surface area (Å²) in [5.74, 6) is -0.144. The maximum Gasteiger partial charge on any atom is 0.422 e. The molecule has 1 aliphatic rings. The number of rotatable bonds is 10. The molecule has 1 fully saturated rings. The molecule has 2 aromatic rings. The highest BCUT2D eigenvalue weighted by Crippen LogP contribution is 2.29. The van der Waals surface area contributed by atoms with Gasteiger partial charge in [0.2, 0.25) is 5.88 Å². The van der Waals surface area contributed by atoms with E-state index in [0.29, 0.717) is 23.7 Å². The molecule has 0 aliphatic carbocycles. The van der Waals surface area contributed by atoms with Gasteiger partial charge in [-0.15, -0.1) is 0 Å². The van der Waals surface area contributed by atoms with Crippen LogP contribution in [0.5, 0.6) is 17.4 Å². The van der Waals surface area contributed by atoms with Crippen molar-refractivity contribution >= 4 is 11.8 Å². The molecule has 1 aromatic carbocycles. The lowest BCUT2D eigenvalue weighted by atomic mass is 10.1. The molecular formula is C24H28F3N3O5. The molecule has 0 saturated carbocycles. The van der Waals surface area contributed by atoms with E-state index in [9.17, 15) is 22.8 Å². The van der Waals surface area contributed by atoms with Gasteiger partial charge >= 0.3 is 6.18 Å². The van der Waals surface area contributed by atoms with Gasteiger partial charge in [-0.1, -0.05) is 6.07 Å². The van der Waals surface area contributed by atoms with Crippen LogP contribution in [0.3, 0.4) is 0 Å². The van der Waals surface area contributed by atoms with E-state index in [4.69, 9.17) is 14.2 Å². The van der Waals surface area contributed by atoms with Gasteiger partial charge in [-0.2, -0.15) is 13.2 Å². The average molecular weight is 495 g/mol. The van der Waals surface area contributed by atoms with Gasteiger partial charge in [0.15, 0.2) is 24.7 Å². The fourth-order valence-electron chi connectivity index (χ4n) is 3.53. The number of alkyl halides is 3. The molecule has 35 heavy (non-hydrogen) atoms. The Morgan fingerprint density at radius 2 is 1.83 bits per heavy atom. The van der Waals surface area contributed by atoms with Crippen molar-refractivity contribution in [2.75, 3.05) is 32.9 Å². The minimum Gasteiger partial charge on any atom is -0.490 e. The molecule has 0 radical (unpaired) electrons. The first-order valence-corrected chi connectivity index (χ1v) is 11.4. The van der Waals surface area contributed by atoms with E-state index in [2.05, 4.69) is 10.3 Å². The summed E-state index contributed by atoms with van der Waals surface area (Å²) in [6, 6.07) is 7.60. The predicted octanol–water partition coefficient (Wildman–Crippen LogP) is 3.74. The van der Waals surface area contributed by atoms with Gasteiger partial charge in [-0.3, -0.25) is 9.59 Å². The van der Waals surface area contributed by atoms with Crippen LogP contribution in [0.4, 0.5) is 13.2 Å². The monoisotopic (exact) mass is 495 g/mol. The zero-order chi connectivity index (χ0) is 25.3. The number of amides is 2. The molecule has 1 N–H and O–H groups in total. The van der Waals surface area contributed by atoms with Crippen LogP contribution in [0, 0.1) is 0 Å². The van der Waals surface area contributed by atoms with E-state index in [1.165, 1.54) is 30.5 Å². The lowest BCUT2D eigenvalue weighted by Gasteiger charge is -2.26. The highest BCUT2D eigenvalue weighted by atomic mass is 19.4. The van der Waals surface area contributed by atoms with Gasteiger partial charge in [0, 0.05) is 37.0 Å². The van der Waals surface area contributed by atoms with E-state index in [1.807, 2.05) is 0 Å². The van der Waals surface area contributed by atoms with Crippen LogP contribution in [0.2, 0.25) is 0 Å². The molecule has 8 nitrogen and oxygen atoms in total. The van der Waals surface area contributed by atoms with Gasteiger partial charge in [0.1, 0.15) is 0 Å². The largest absolute Gasteiger partial charge is 0.490 e. The molecule has 0 spiro atoms. The Bertz CT molecular complexity index is 1010. The molecule has 1 aromatic heterocycles. The molecule has 190 valence electrons. The SMILES string of the molecule is CCOc1cc(C(=O)NCc2cccnc2OCC(F)(F)F)ccc1OCC(=O)N1CCCCC1. The number of likely N-dealkylation sites (tertiary alicyclic amines) is 1. The predicted molar refractivity (Wildman–Crippen MR) is 120 cm³/mol. The van der Waals surface area contributed by atoms with Gasteiger partial charge in [-0.05, 0) is 50.5 Å². The summed E-state index contributed by atoms with van der Waals surface area (Å²) in [5.41, 5.74) is 0.552. The summed E-state index contributed by atoms with van der Waals surface area (Å²) < 4.78 is 53.4. The van der Waals surface area contributed by atoms with Crippen LogP contribution in [0.25, 0.3) is 0 Å². The van der Waals surface area contributed by atoms with Crippen molar-refractivity contribution in [1.29, 1.82) is 0 Å². The second-order valence-corrected chi connectivity index (χ2v) is 7.88. The van der Waals surface area contributed by atoms with Gasteiger partial charge < -0.3 is 24.4 Å². The third kappa shape index (κ3) is 8.04. The van der Waals surface area contributed by atoms with Crippen LogP contribution < -0.4 is 19.5 Å². The summed E-state index contributed by atoms with van der Waals surface area (Å²) in [5, 5.41) is 2.64. The topological polar surface area (TPSA) is 90.0 Å². The summed E-state index contributed by atoms with van der Waals surface area (Å²) in [6.07, 6.45) is -0.120. The smallest absolute Gasteiger partial charge is 0.422 e. The van der Waals surface area contributed by atoms with Crippen LogP contribution in [0.15, 0.2) is 36.5 Å². The Kier molecular flexibility index (Phi) is 9.16. The molecule has 0 bridgehead atoms. The van der Waals surface area contributed by atoms with E-state index < -0.39 is 18.7 Å². The Hall–Kier alpha value is -3.50. The summed E-state index contributed by atoms with van der Waals surface area (Å²) in [4.78, 5) is 30.6. The Morgan fingerprint density at radius 1 is 1.06 bits per heavy atom. The number of hydrogen-bond acceptors (Lipinski definition) is 6. The number of nitrogens with zero attached hydrogens (tertiary/aromatic N) is 2. The van der Waals surface area contributed by atoms with Crippen molar-refractivity contribution in [2.45, 2.75) is 38.9 Å². The molecule has 2 heterocycles. The number of hydrogen-bond donors (Lipinski definition) is 1. The first-order valence-electron chi connectivity index (χ1n) is 11.4. The van der Waals surface area contributed by atoms with Gasteiger partial charge in [-0.25, -0.2) is 4.98 Å². The lowest BCUT2D eigenvalue weighted by molar-refractivity contribution is -0.154. The van der Waals surface area contributed by atoms with Crippen molar-refractivity contribution in [3.8, 4) is 17.4 Å². The molecule has 1 saturated heterocycles. The highest BCUT2D eigenvalue weighted by Gasteiger charge is 2.29. The van der Waals surface area contributed by atoms with E-state index in [1.54, 1.807) is 17.9 Å². The quantitative estimate of drug-likeness (QED) is 0.540. The molecule has 2 amide bonds. The fourth-order valence-corrected chi connectivity index (χ4v) is 3.53. The van der Waals surface area contributed by atoms with Crippen molar-refractivity contribution in [3.63, 3.8) is 0 Å². The van der Waals surface area contributed by atoms with Crippen LogP contribution >= 0.6 is 0 Å². The zero-order valence-electron chi connectivity index (χ0n) is 19.4. The molecule has 11 heteroatoms. The molecule has 0 unspecified atom stereocenters. The maximum absolute atomic E-state index is 12.7. The van der Waals surface area contributed by atoms with Crippen molar-refractivity contribution in [1.82, 2.24) is 15.2 Å². The summed E-state index contributed by atoms with van der Waals surface area (Å²) >= 11 is 0. The van der Waals surface area contributed by atoms with Crippen LogP contribution in [-0.2, 0) is 11.3 Å². The summed E-state index contributed by atoms with van der Waals surface area (Å²) in [6.45, 7) is 1.83. The minimum absolute atomic E-state index is 0.0909. The summed E-state index contributed by atoms with van der Waals surface area (Å²) in [7, 11) is 0. The third-order valence-electron chi connectivity index (χ3n) is 5.23. The van der Waals surface area contributed by atoms with Crippen LogP contribution in [0.1, 0.15) is 42.1 Å². The Morgan fingerprint density at radius 3 is 2.54 bits per heavy atom. The van der Waals surface area contributed by atoms with E-state index >= 15 is 0 Å². The van der Waals surface area contributed by atoms with Gasteiger partial charge in [0.05, 0.1) is 6.61 Å². The number of carbonyl (C=O) groups is 2. The number of ether oxygens (including phenoxy) is 3. The highest BCUT2D eigenvalue weighted by molar-refractivity contribution is 5.94. The normalized spacial score (nSPS) is 13.8. The number of benzene rings is 1. The molecule has 0 atom stereocenters. The Balaban J connectivity index is 1.62. The van der Waals surface area contributed by atoms with Crippen molar-refractivity contribution in [3.05, 3.63) is 47.7 Å². The minimum atomic E-state index is -4.50. The maximum atomic E-state index is 12.7. The number of aromatic nitrogens is 1. The second kappa shape index (κ2) is 12.3. The van der Waals surface area contributed by atoms with Crippen molar-refractivity contribution < 1.29 is 37.0 Å². The molecule has 1 aliphatic heterocycles. The number of carbonyl (C=O) groups excluding carboxylic acids is 2. The van der Waals surface area contributed by atoms with E-state index in [-0.39, 0.29) is 30.5 Å². The second-order valence-electron chi connectivity index (χ2n) is 7.88. The number of halogens is 3. The third-order valence-corrected chi connectivity index (χ3v) is 5.23. The van der Waals surface area contributed by atoms with E-state index in [0.717, 1.165) is 32.4 Å². The standard InChI is InChI=1S/C24H28F3N3O5/c1-2-33-20-13-17(8-9-19(20)34-15-21(31)30-11-4-3-5-12-30)22(32)29-14-18-7-6-10-28-23(18)35-16-24(25,26)27/h6-10,13H,2-5,11-12,14-16H2,1H3,(H,29,32).